The summed E-state index contributed by atoms with van der Waals surface area (Å²) in [5.41, 5.74) is 4.98. The van der Waals surface area contributed by atoms with E-state index in [0.717, 1.165) is 26.7 Å². The minimum absolute atomic E-state index is 0.145. The maximum Gasteiger partial charge on any atom is 0.196 e. The summed E-state index contributed by atoms with van der Waals surface area (Å²) in [5, 5.41) is 9.83. The highest BCUT2D eigenvalue weighted by Gasteiger charge is 2.25. The Labute approximate surface area is 165 Å². The average Bonchev–Trinajstić information content (AvgIpc) is 3.03. The van der Waals surface area contributed by atoms with E-state index in [4.69, 9.17) is 0 Å². The van der Waals surface area contributed by atoms with Crippen LogP contribution in [0.2, 0.25) is 0 Å². The van der Waals surface area contributed by atoms with E-state index in [1.54, 1.807) is 4.40 Å². The maximum absolute atomic E-state index is 13.4. The number of hydrogen-bond acceptors (Lipinski definition) is 2. The molecule has 0 aliphatic carbocycles. The molecule has 0 fully saturated rings. The van der Waals surface area contributed by atoms with Crippen molar-refractivity contribution in [2.75, 3.05) is 0 Å². The van der Waals surface area contributed by atoms with Gasteiger partial charge in [0, 0.05) is 21.8 Å². The third kappa shape index (κ3) is 2.97. The average molecular weight is 415 g/mol. The molecule has 3 nitrogen and oxygen atoms in total. The van der Waals surface area contributed by atoms with E-state index in [2.05, 4.69) is 22.0 Å². The number of hydrogen-bond donors (Lipinski definition) is 0. The van der Waals surface area contributed by atoms with Crippen molar-refractivity contribution in [3.63, 3.8) is 0 Å². The van der Waals surface area contributed by atoms with Gasteiger partial charge < -0.3 is 4.40 Å². The number of carbonyl (C=O) groups excluding carboxylic acids is 1. The van der Waals surface area contributed by atoms with Crippen molar-refractivity contribution in [3.05, 3.63) is 99.8 Å². The summed E-state index contributed by atoms with van der Waals surface area (Å²) in [5.74, 6) is -0.145. The minimum atomic E-state index is -0.145. The third-order valence-corrected chi connectivity index (χ3v) is 5.15. The largest absolute Gasteiger partial charge is 0.307 e. The maximum atomic E-state index is 13.4. The van der Waals surface area contributed by atoms with Crippen LogP contribution in [0.1, 0.15) is 27.2 Å². The Balaban J connectivity index is 2.05. The van der Waals surface area contributed by atoms with E-state index in [0.29, 0.717) is 16.8 Å². The molecular formula is C23H15BrN2O. The quantitative estimate of drug-likeness (QED) is 0.398. The van der Waals surface area contributed by atoms with Crippen LogP contribution in [-0.4, -0.2) is 10.2 Å². The fourth-order valence-corrected chi connectivity index (χ4v) is 3.56. The lowest BCUT2D eigenvalue weighted by Crippen LogP contribution is -2.04. The molecule has 0 atom stereocenters. The van der Waals surface area contributed by atoms with Gasteiger partial charge in [0.25, 0.3) is 0 Å². The van der Waals surface area contributed by atoms with Crippen LogP contribution >= 0.6 is 15.9 Å². The molecule has 0 bridgehead atoms. The van der Waals surface area contributed by atoms with Crippen LogP contribution < -0.4 is 0 Å². The first-order chi connectivity index (χ1) is 13.1. The Kier molecular flexibility index (Phi) is 4.39. The van der Waals surface area contributed by atoms with Gasteiger partial charge in [-0.05, 0) is 36.8 Å². The molecule has 0 unspecified atom stereocenters. The summed E-state index contributed by atoms with van der Waals surface area (Å²) in [6, 6.07) is 23.2. The summed E-state index contributed by atoms with van der Waals surface area (Å²) in [6.45, 7) is 1.98. The lowest BCUT2D eigenvalue weighted by molar-refractivity contribution is 0.103. The molecule has 0 spiro atoms. The van der Waals surface area contributed by atoms with Crippen molar-refractivity contribution in [2.24, 2.45) is 0 Å². The zero-order valence-electron chi connectivity index (χ0n) is 14.6. The zero-order valence-corrected chi connectivity index (χ0v) is 16.2. The summed E-state index contributed by atoms with van der Waals surface area (Å²) < 4.78 is 2.75. The van der Waals surface area contributed by atoms with Crippen molar-refractivity contribution in [2.45, 2.75) is 6.92 Å². The number of nitrogens with zero attached hydrogens (tertiary/aromatic N) is 2. The summed E-state index contributed by atoms with van der Waals surface area (Å²) >= 11 is 3.45. The molecule has 2 aromatic carbocycles. The molecule has 0 radical (unpaired) electrons. The number of aromatic nitrogens is 1. The Bertz CT molecular complexity index is 1200. The Morgan fingerprint density at radius 2 is 1.70 bits per heavy atom. The molecule has 0 amide bonds. The molecule has 4 aromatic rings. The van der Waals surface area contributed by atoms with E-state index in [9.17, 15) is 10.1 Å². The summed E-state index contributed by atoms with van der Waals surface area (Å²) in [6.07, 6.45) is 1.82. The van der Waals surface area contributed by atoms with E-state index in [1.165, 1.54) is 0 Å². The Hall–Kier alpha value is -3.16. The molecule has 0 saturated carbocycles. The van der Waals surface area contributed by atoms with Gasteiger partial charge in [0.15, 0.2) is 5.78 Å². The highest BCUT2D eigenvalue weighted by atomic mass is 79.9. The third-order valence-electron chi connectivity index (χ3n) is 4.62. The first-order valence-corrected chi connectivity index (χ1v) is 9.30. The number of carbonyl (C=O) groups is 1. The number of fused-ring (bicyclic) bond motifs is 1. The van der Waals surface area contributed by atoms with Gasteiger partial charge in [-0.3, -0.25) is 4.79 Å². The van der Waals surface area contributed by atoms with Crippen LogP contribution in [0.3, 0.4) is 0 Å². The van der Waals surface area contributed by atoms with Crippen molar-refractivity contribution in [3.8, 4) is 17.2 Å². The second kappa shape index (κ2) is 6.86. The standard InChI is InChI=1S/C23H15BrN2O/c1-15-5-7-17(8-6-15)23(27)22-20(14-25)26-13-3-2-4-19(26)21(22)16-9-11-18(24)12-10-16/h2-13H,1H3. The molecule has 0 saturated heterocycles. The number of pyridine rings is 1. The summed E-state index contributed by atoms with van der Waals surface area (Å²) in [4.78, 5) is 13.4. The molecule has 4 heteroatoms. The van der Waals surface area contributed by atoms with E-state index >= 15 is 0 Å². The van der Waals surface area contributed by atoms with Gasteiger partial charge >= 0.3 is 0 Å². The van der Waals surface area contributed by atoms with Crippen LogP contribution in [0.5, 0.6) is 0 Å². The summed E-state index contributed by atoms with van der Waals surface area (Å²) in [7, 11) is 0. The molecule has 2 aromatic heterocycles. The van der Waals surface area contributed by atoms with E-state index < -0.39 is 0 Å². The highest BCUT2D eigenvalue weighted by Crippen LogP contribution is 2.35. The van der Waals surface area contributed by atoms with Gasteiger partial charge in [0.05, 0.1) is 11.1 Å². The van der Waals surface area contributed by atoms with Gasteiger partial charge in [-0.25, -0.2) is 0 Å². The van der Waals surface area contributed by atoms with Gasteiger partial charge in [-0.15, -0.1) is 0 Å². The van der Waals surface area contributed by atoms with Crippen molar-refractivity contribution in [1.29, 1.82) is 5.26 Å². The fraction of sp³-hybridized carbons (Fsp3) is 0.0435. The number of nitriles is 1. The first kappa shape index (κ1) is 17.3. The van der Waals surface area contributed by atoms with E-state index in [1.807, 2.05) is 79.9 Å². The lowest BCUT2D eigenvalue weighted by atomic mass is 9.94. The highest BCUT2D eigenvalue weighted by molar-refractivity contribution is 9.10. The Morgan fingerprint density at radius 1 is 1.00 bits per heavy atom. The SMILES string of the molecule is Cc1ccc(C(=O)c2c(-c3ccc(Br)cc3)c3ccccn3c2C#N)cc1. The molecule has 4 rings (SSSR count). The molecule has 0 aliphatic rings. The van der Waals surface area contributed by atoms with Gasteiger partial charge in [0.2, 0.25) is 0 Å². The zero-order chi connectivity index (χ0) is 19.0. The molecule has 0 aliphatic heterocycles. The topological polar surface area (TPSA) is 45.3 Å². The molecule has 0 N–H and O–H groups in total. The number of ketones is 1. The van der Waals surface area contributed by atoms with Gasteiger partial charge in [-0.1, -0.05) is 64.0 Å². The molecule has 130 valence electrons. The normalized spacial score (nSPS) is 10.7. The van der Waals surface area contributed by atoms with Crippen molar-refractivity contribution < 1.29 is 4.79 Å². The minimum Gasteiger partial charge on any atom is -0.307 e. The number of benzene rings is 2. The Morgan fingerprint density at radius 3 is 2.37 bits per heavy atom. The predicted molar refractivity (Wildman–Crippen MR) is 110 cm³/mol. The van der Waals surface area contributed by atoms with Crippen LogP contribution in [0.25, 0.3) is 16.6 Å². The second-order valence-electron chi connectivity index (χ2n) is 6.37. The monoisotopic (exact) mass is 414 g/mol. The molecular weight excluding hydrogens is 400 g/mol. The van der Waals surface area contributed by atoms with Gasteiger partial charge in [-0.2, -0.15) is 5.26 Å². The fourth-order valence-electron chi connectivity index (χ4n) is 3.30. The van der Waals surface area contributed by atoms with E-state index in [-0.39, 0.29) is 5.78 Å². The van der Waals surface area contributed by atoms with Crippen LogP contribution in [0, 0.1) is 18.3 Å². The number of rotatable bonds is 3. The lowest BCUT2D eigenvalue weighted by Gasteiger charge is -2.06. The number of aryl methyl sites for hydroxylation is 1. The first-order valence-electron chi connectivity index (χ1n) is 8.50. The molecule has 2 heterocycles. The second-order valence-corrected chi connectivity index (χ2v) is 7.28. The van der Waals surface area contributed by atoms with Crippen LogP contribution in [0.15, 0.2) is 77.4 Å². The predicted octanol–water partition coefficient (Wildman–Crippen LogP) is 5.78. The van der Waals surface area contributed by atoms with Crippen LogP contribution in [0.4, 0.5) is 0 Å². The smallest absolute Gasteiger partial charge is 0.196 e. The van der Waals surface area contributed by atoms with Gasteiger partial charge in [0.1, 0.15) is 11.8 Å². The van der Waals surface area contributed by atoms with Crippen LogP contribution in [-0.2, 0) is 0 Å². The number of halogens is 1. The molecule has 27 heavy (non-hydrogen) atoms. The van der Waals surface area contributed by atoms with Crippen molar-refractivity contribution in [1.82, 2.24) is 4.40 Å². The van der Waals surface area contributed by atoms with Crippen molar-refractivity contribution >= 4 is 27.2 Å².